The van der Waals surface area contributed by atoms with E-state index in [0.717, 1.165) is 0 Å². The quantitative estimate of drug-likeness (QED) is 0.454. The Bertz CT molecular complexity index is 222. The van der Waals surface area contributed by atoms with Gasteiger partial charge in [0.25, 0.3) is 5.79 Å². The maximum atomic E-state index is 11.3. The summed E-state index contributed by atoms with van der Waals surface area (Å²) in [5, 5.41) is 0. The topological polar surface area (TPSA) is 52.6 Å². The van der Waals surface area contributed by atoms with Crippen LogP contribution in [0.25, 0.3) is 0 Å². The molecule has 0 aromatic carbocycles. The van der Waals surface area contributed by atoms with Gasteiger partial charge in [0.2, 0.25) is 0 Å². The molecule has 0 spiro atoms. The molecule has 0 radical (unpaired) electrons. The lowest BCUT2D eigenvalue weighted by Gasteiger charge is -2.34. The Morgan fingerprint density at radius 1 is 1.15 bits per heavy atom. The van der Waals surface area contributed by atoms with Crippen molar-refractivity contribution in [2.75, 3.05) is 0 Å². The van der Waals surface area contributed by atoms with Crippen LogP contribution in [0.5, 0.6) is 0 Å². The fraction of sp³-hybridized carbons (Fsp3) is 0.778. The van der Waals surface area contributed by atoms with E-state index in [4.69, 9.17) is 9.47 Å². The third-order valence-corrected chi connectivity index (χ3v) is 1.87. The zero-order valence-corrected chi connectivity index (χ0v) is 8.29. The smallest absolute Gasteiger partial charge is 0.323 e. The zero-order valence-electron chi connectivity index (χ0n) is 8.29. The molecule has 0 atom stereocenters. The summed E-state index contributed by atoms with van der Waals surface area (Å²) in [6, 6.07) is 0. The molecule has 0 saturated carbocycles. The van der Waals surface area contributed by atoms with Crippen molar-refractivity contribution in [2.24, 2.45) is 11.8 Å². The first-order chi connectivity index (χ1) is 5.83. The SMILES string of the molecule is CC(C)C1C(=O)OC(C)(C)OC1=O. The van der Waals surface area contributed by atoms with Gasteiger partial charge in [0.15, 0.2) is 5.92 Å². The van der Waals surface area contributed by atoms with Crippen LogP contribution in [0.2, 0.25) is 0 Å². The van der Waals surface area contributed by atoms with Crippen molar-refractivity contribution in [3.05, 3.63) is 0 Å². The third kappa shape index (κ3) is 1.99. The van der Waals surface area contributed by atoms with Gasteiger partial charge < -0.3 is 9.47 Å². The molecule has 0 aromatic heterocycles. The molecule has 0 aliphatic carbocycles. The number of carbonyl (C=O) groups excluding carboxylic acids is 2. The van der Waals surface area contributed by atoms with Gasteiger partial charge in [-0.1, -0.05) is 13.8 Å². The van der Waals surface area contributed by atoms with Crippen LogP contribution in [0.1, 0.15) is 27.7 Å². The molecule has 1 saturated heterocycles. The van der Waals surface area contributed by atoms with Crippen LogP contribution in [0.3, 0.4) is 0 Å². The van der Waals surface area contributed by atoms with Gasteiger partial charge in [-0.2, -0.15) is 0 Å². The lowest BCUT2D eigenvalue weighted by molar-refractivity contribution is -0.242. The summed E-state index contributed by atoms with van der Waals surface area (Å²) in [4.78, 5) is 22.7. The molecular weight excluding hydrogens is 172 g/mol. The molecule has 4 heteroatoms. The van der Waals surface area contributed by atoms with Crippen molar-refractivity contribution in [1.82, 2.24) is 0 Å². The number of hydrogen-bond acceptors (Lipinski definition) is 4. The van der Waals surface area contributed by atoms with E-state index in [1.165, 1.54) is 0 Å². The molecular formula is C9H14O4. The molecule has 74 valence electrons. The molecule has 1 fully saturated rings. The first-order valence-corrected chi connectivity index (χ1v) is 4.29. The van der Waals surface area contributed by atoms with Gasteiger partial charge in [-0.05, 0) is 5.92 Å². The molecule has 0 unspecified atom stereocenters. The van der Waals surface area contributed by atoms with Crippen molar-refractivity contribution in [3.63, 3.8) is 0 Å². The Kier molecular flexibility index (Phi) is 2.32. The summed E-state index contributed by atoms with van der Waals surface area (Å²) in [6.45, 7) is 6.65. The fourth-order valence-electron chi connectivity index (χ4n) is 1.27. The van der Waals surface area contributed by atoms with Crippen LogP contribution in [-0.2, 0) is 19.1 Å². The number of hydrogen-bond donors (Lipinski definition) is 0. The summed E-state index contributed by atoms with van der Waals surface area (Å²) < 4.78 is 9.87. The van der Waals surface area contributed by atoms with Crippen molar-refractivity contribution < 1.29 is 19.1 Å². The summed E-state index contributed by atoms with van der Waals surface area (Å²) >= 11 is 0. The Balaban J connectivity index is 2.83. The van der Waals surface area contributed by atoms with Gasteiger partial charge in [0.05, 0.1) is 0 Å². The lowest BCUT2D eigenvalue weighted by atomic mass is 9.95. The van der Waals surface area contributed by atoms with Crippen molar-refractivity contribution in [2.45, 2.75) is 33.5 Å². The van der Waals surface area contributed by atoms with E-state index in [1.807, 2.05) is 0 Å². The molecule has 0 bridgehead atoms. The van der Waals surface area contributed by atoms with Gasteiger partial charge in [0.1, 0.15) is 0 Å². The minimum absolute atomic E-state index is 0.0869. The van der Waals surface area contributed by atoms with E-state index in [-0.39, 0.29) is 5.92 Å². The van der Waals surface area contributed by atoms with Gasteiger partial charge >= 0.3 is 11.9 Å². The average Bonchev–Trinajstić information content (AvgIpc) is 1.78. The fourth-order valence-corrected chi connectivity index (χ4v) is 1.27. The van der Waals surface area contributed by atoms with Gasteiger partial charge in [-0.15, -0.1) is 0 Å². The summed E-state index contributed by atoms with van der Waals surface area (Å²) in [7, 11) is 0. The average molecular weight is 186 g/mol. The maximum absolute atomic E-state index is 11.3. The standard InChI is InChI=1S/C9H14O4/c1-5(2)6-7(10)12-9(3,4)13-8(6)11/h5-6H,1-4H3. The molecule has 0 aromatic rings. The largest absolute Gasteiger partial charge is 0.422 e. The summed E-state index contributed by atoms with van der Waals surface area (Å²) in [5.41, 5.74) is 0. The van der Waals surface area contributed by atoms with Crippen LogP contribution in [0.15, 0.2) is 0 Å². The number of esters is 2. The Morgan fingerprint density at radius 2 is 1.54 bits per heavy atom. The van der Waals surface area contributed by atoms with Crippen molar-refractivity contribution >= 4 is 11.9 Å². The zero-order chi connectivity index (χ0) is 10.2. The van der Waals surface area contributed by atoms with Gasteiger partial charge in [0, 0.05) is 13.8 Å². The number of ether oxygens (including phenoxy) is 2. The van der Waals surface area contributed by atoms with Crippen LogP contribution in [0.4, 0.5) is 0 Å². The second kappa shape index (κ2) is 3.01. The van der Waals surface area contributed by atoms with E-state index < -0.39 is 23.6 Å². The minimum Gasteiger partial charge on any atom is -0.422 e. The molecule has 13 heavy (non-hydrogen) atoms. The van der Waals surface area contributed by atoms with E-state index >= 15 is 0 Å². The molecule has 0 amide bonds. The number of cyclic esters (lactones) is 2. The van der Waals surface area contributed by atoms with Crippen LogP contribution in [-0.4, -0.2) is 17.7 Å². The highest BCUT2D eigenvalue weighted by molar-refractivity contribution is 5.96. The highest BCUT2D eigenvalue weighted by Crippen LogP contribution is 2.27. The molecule has 0 N–H and O–H groups in total. The van der Waals surface area contributed by atoms with Crippen LogP contribution in [0, 0.1) is 11.8 Å². The van der Waals surface area contributed by atoms with Crippen molar-refractivity contribution in [1.29, 1.82) is 0 Å². The Morgan fingerprint density at radius 3 is 1.85 bits per heavy atom. The normalized spacial score (nSPS) is 22.8. The van der Waals surface area contributed by atoms with E-state index in [0.29, 0.717) is 0 Å². The molecule has 4 nitrogen and oxygen atoms in total. The van der Waals surface area contributed by atoms with E-state index in [2.05, 4.69) is 0 Å². The Hall–Kier alpha value is -1.06. The second-order valence-corrected chi connectivity index (χ2v) is 3.96. The monoisotopic (exact) mass is 186 g/mol. The third-order valence-electron chi connectivity index (χ3n) is 1.87. The molecule has 1 aliphatic heterocycles. The minimum atomic E-state index is -1.11. The van der Waals surface area contributed by atoms with Gasteiger partial charge in [-0.25, -0.2) is 0 Å². The predicted octanol–water partition coefficient (Wildman–Crippen LogP) is 1.09. The predicted molar refractivity (Wildman–Crippen MR) is 44.6 cm³/mol. The number of carbonyl (C=O) groups is 2. The number of rotatable bonds is 1. The summed E-state index contributed by atoms with van der Waals surface area (Å²) in [6.07, 6.45) is 0. The maximum Gasteiger partial charge on any atom is 0.323 e. The highest BCUT2D eigenvalue weighted by Gasteiger charge is 2.44. The summed E-state index contributed by atoms with van der Waals surface area (Å²) in [5.74, 6) is -2.95. The first kappa shape index (κ1) is 10.0. The Labute approximate surface area is 77.2 Å². The van der Waals surface area contributed by atoms with Crippen LogP contribution >= 0.6 is 0 Å². The van der Waals surface area contributed by atoms with E-state index in [9.17, 15) is 9.59 Å². The first-order valence-electron chi connectivity index (χ1n) is 4.29. The van der Waals surface area contributed by atoms with Crippen LogP contribution < -0.4 is 0 Å². The highest BCUT2D eigenvalue weighted by atomic mass is 16.7. The molecule has 1 heterocycles. The second-order valence-electron chi connectivity index (χ2n) is 3.96. The van der Waals surface area contributed by atoms with Crippen molar-refractivity contribution in [3.8, 4) is 0 Å². The van der Waals surface area contributed by atoms with Gasteiger partial charge in [-0.3, -0.25) is 9.59 Å². The molecule has 1 aliphatic rings. The van der Waals surface area contributed by atoms with E-state index in [1.54, 1.807) is 27.7 Å². The lowest BCUT2D eigenvalue weighted by Crippen LogP contribution is -2.47. The molecule has 1 rings (SSSR count).